The normalized spacial score (nSPS) is 26.1. The Morgan fingerprint density at radius 1 is 1.19 bits per heavy atom. The fraction of sp³-hybridized carbons (Fsp3) is 0.462. The van der Waals surface area contributed by atoms with Crippen LogP contribution in [0, 0.1) is 0 Å². The Labute approximate surface area is 99.0 Å². The lowest BCUT2D eigenvalue weighted by Gasteiger charge is -2.25. The van der Waals surface area contributed by atoms with Gasteiger partial charge in [-0.3, -0.25) is 0 Å². The Hall–Kier alpha value is -0.930. The summed E-state index contributed by atoms with van der Waals surface area (Å²) < 4.78 is 1.28. The smallest absolute Gasteiger partial charge is 0.0812 e. The molecule has 1 aliphatic rings. The molecule has 1 aromatic heterocycles. The SMILES string of the molecule is OC1CCC(c2ccc3ncsc3c2)CC1. The molecule has 1 fully saturated rings. The van der Waals surface area contributed by atoms with Crippen LogP contribution in [-0.2, 0) is 0 Å². The van der Waals surface area contributed by atoms with Crippen LogP contribution in [0.5, 0.6) is 0 Å². The van der Waals surface area contributed by atoms with E-state index in [9.17, 15) is 5.11 Å². The van der Waals surface area contributed by atoms with Crippen LogP contribution >= 0.6 is 11.3 Å². The quantitative estimate of drug-likeness (QED) is 0.819. The second kappa shape index (κ2) is 4.15. The topological polar surface area (TPSA) is 33.1 Å². The maximum Gasteiger partial charge on any atom is 0.0812 e. The molecule has 3 rings (SSSR count). The number of aromatic nitrogens is 1. The maximum absolute atomic E-state index is 9.50. The van der Waals surface area contributed by atoms with Gasteiger partial charge in [-0.2, -0.15) is 0 Å². The highest BCUT2D eigenvalue weighted by molar-refractivity contribution is 7.16. The van der Waals surface area contributed by atoms with Gasteiger partial charge in [-0.15, -0.1) is 11.3 Å². The summed E-state index contributed by atoms with van der Waals surface area (Å²) in [5.74, 6) is 0.634. The van der Waals surface area contributed by atoms with Crippen LogP contribution in [0.15, 0.2) is 23.7 Å². The van der Waals surface area contributed by atoms with E-state index in [4.69, 9.17) is 0 Å². The van der Waals surface area contributed by atoms with Gasteiger partial charge in [0.25, 0.3) is 0 Å². The molecule has 0 bridgehead atoms. The molecule has 2 nitrogen and oxygen atoms in total. The van der Waals surface area contributed by atoms with E-state index in [1.165, 1.54) is 10.3 Å². The van der Waals surface area contributed by atoms with Gasteiger partial charge in [0.15, 0.2) is 0 Å². The molecule has 3 heteroatoms. The third-order valence-electron chi connectivity index (χ3n) is 3.52. The van der Waals surface area contributed by atoms with E-state index in [1.54, 1.807) is 11.3 Å². The summed E-state index contributed by atoms with van der Waals surface area (Å²) in [6.07, 6.45) is 4.07. The summed E-state index contributed by atoms with van der Waals surface area (Å²) >= 11 is 1.71. The minimum absolute atomic E-state index is 0.0663. The first-order chi connectivity index (χ1) is 7.83. The molecule has 84 valence electrons. The number of aliphatic hydroxyl groups is 1. The molecule has 0 radical (unpaired) electrons. The number of fused-ring (bicyclic) bond motifs is 1. The van der Waals surface area contributed by atoms with Crippen LogP contribution in [-0.4, -0.2) is 16.2 Å². The van der Waals surface area contributed by atoms with Gasteiger partial charge < -0.3 is 5.11 Å². The molecule has 0 unspecified atom stereocenters. The van der Waals surface area contributed by atoms with Gasteiger partial charge in [0.05, 0.1) is 21.8 Å². The van der Waals surface area contributed by atoms with Gasteiger partial charge in [-0.05, 0) is 49.3 Å². The minimum Gasteiger partial charge on any atom is -0.393 e. The van der Waals surface area contributed by atoms with E-state index in [1.807, 2.05) is 5.51 Å². The number of hydrogen-bond acceptors (Lipinski definition) is 3. The first-order valence-electron chi connectivity index (χ1n) is 5.84. The van der Waals surface area contributed by atoms with Crippen LogP contribution in [0.1, 0.15) is 37.2 Å². The minimum atomic E-state index is -0.0663. The molecular formula is C13H15NOS. The molecule has 2 aromatic rings. The Bertz CT molecular complexity index is 485. The fourth-order valence-corrected chi connectivity index (χ4v) is 3.26. The lowest BCUT2D eigenvalue weighted by atomic mass is 9.83. The van der Waals surface area contributed by atoms with E-state index in [0.717, 1.165) is 31.2 Å². The van der Waals surface area contributed by atoms with Gasteiger partial charge in [-0.1, -0.05) is 6.07 Å². The van der Waals surface area contributed by atoms with Crippen molar-refractivity contribution in [2.24, 2.45) is 0 Å². The number of aliphatic hydroxyl groups excluding tert-OH is 1. The summed E-state index contributed by atoms with van der Waals surface area (Å²) in [5, 5.41) is 9.50. The van der Waals surface area contributed by atoms with Crippen LogP contribution in [0.25, 0.3) is 10.2 Å². The van der Waals surface area contributed by atoms with E-state index in [-0.39, 0.29) is 6.10 Å². The van der Waals surface area contributed by atoms with Crippen LogP contribution in [0.4, 0.5) is 0 Å². The number of hydrogen-bond donors (Lipinski definition) is 1. The van der Waals surface area contributed by atoms with Crippen molar-refractivity contribution < 1.29 is 5.11 Å². The predicted molar refractivity (Wildman–Crippen MR) is 66.8 cm³/mol. The van der Waals surface area contributed by atoms with Crippen LogP contribution in [0.2, 0.25) is 0 Å². The van der Waals surface area contributed by atoms with Crippen molar-refractivity contribution in [2.45, 2.75) is 37.7 Å². The van der Waals surface area contributed by atoms with Crippen LogP contribution in [0.3, 0.4) is 0 Å². The molecule has 16 heavy (non-hydrogen) atoms. The van der Waals surface area contributed by atoms with Gasteiger partial charge >= 0.3 is 0 Å². The standard InChI is InChI=1S/C13H15NOS/c15-11-4-1-9(2-5-11)10-3-6-12-13(7-10)16-8-14-12/h3,6-9,11,15H,1-2,4-5H2. The van der Waals surface area contributed by atoms with Gasteiger partial charge in [0.2, 0.25) is 0 Å². The van der Waals surface area contributed by atoms with Crippen molar-refractivity contribution >= 4 is 21.6 Å². The zero-order valence-corrected chi connectivity index (χ0v) is 9.91. The largest absolute Gasteiger partial charge is 0.393 e. The maximum atomic E-state index is 9.50. The Kier molecular flexibility index (Phi) is 2.65. The molecule has 0 saturated heterocycles. The number of thiazole rings is 1. The van der Waals surface area contributed by atoms with Crippen molar-refractivity contribution in [3.63, 3.8) is 0 Å². The Morgan fingerprint density at radius 3 is 2.81 bits per heavy atom. The molecule has 1 heterocycles. The summed E-state index contributed by atoms with van der Waals surface area (Å²) in [5.41, 5.74) is 4.42. The molecule has 0 atom stereocenters. The molecule has 1 aromatic carbocycles. The molecule has 1 aliphatic carbocycles. The number of nitrogens with zero attached hydrogens (tertiary/aromatic N) is 1. The highest BCUT2D eigenvalue weighted by Gasteiger charge is 2.20. The van der Waals surface area contributed by atoms with Gasteiger partial charge in [-0.25, -0.2) is 4.98 Å². The molecule has 0 spiro atoms. The number of benzene rings is 1. The zero-order chi connectivity index (χ0) is 11.0. The van der Waals surface area contributed by atoms with E-state index >= 15 is 0 Å². The monoisotopic (exact) mass is 233 g/mol. The third-order valence-corrected chi connectivity index (χ3v) is 4.32. The molecule has 0 amide bonds. The van der Waals surface area contributed by atoms with Gasteiger partial charge in [0.1, 0.15) is 0 Å². The first-order valence-corrected chi connectivity index (χ1v) is 6.72. The highest BCUT2D eigenvalue weighted by atomic mass is 32.1. The average molecular weight is 233 g/mol. The average Bonchev–Trinajstić information content (AvgIpc) is 2.77. The van der Waals surface area contributed by atoms with Crippen molar-refractivity contribution in [2.75, 3.05) is 0 Å². The zero-order valence-electron chi connectivity index (χ0n) is 9.10. The third kappa shape index (κ3) is 1.85. The van der Waals surface area contributed by atoms with Crippen molar-refractivity contribution in [3.8, 4) is 0 Å². The Balaban J connectivity index is 1.87. The number of rotatable bonds is 1. The van der Waals surface area contributed by atoms with Crippen molar-refractivity contribution in [1.82, 2.24) is 4.98 Å². The van der Waals surface area contributed by atoms with Crippen molar-refractivity contribution in [1.29, 1.82) is 0 Å². The summed E-state index contributed by atoms with van der Waals surface area (Å²) in [6.45, 7) is 0. The first kappa shape index (κ1) is 10.2. The van der Waals surface area contributed by atoms with Gasteiger partial charge in [0, 0.05) is 0 Å². The van der Waals surface area contributed by atoms with Crippen molar-refractivity contribution in [3.05, 3.63) is 29.3 Å². The lowest BCUT2D eigenvalue weighted by molar-refractivity contribution is 0.122. The van der Waals surface area contributed by atoms with E-state index < -0.39 is 0 Å². The second-order valence-corrected chi connectivity index (χ2v) is 5.47. The molecule has 1 N–H and O–H groups in total. The predicted octanol–water partition coefficient (Wildman–Crippen LogP) is 3.31. The fourth-order valence-electron chi connectivity index (χ4n) is 2.53. The highest BCUT2D eigenvalue weighted by Crippen LogP contribution is 2.34. The van der Waals surface area contributed by atoms with E-state index in [2.05, 4.69) is 23.2 Å². The summed E-state index contributed by atoms with van der Waals surface area (Å²) in [4.78, 5) is 4.30. The molecule has 0 aliphatic heterocycles. The molecule has 1 saturated carbocycles. The lowest BCUT2D eigenvalue weighted by Crippen LogP contribution is -2.16. The summed E-state index contributed by atoms with van der Waals surface area (Å²) in [7, 11) is 0. The Morgan fingerprint density at radius 2 is 2.00 bits per heavy atom. The summed E-state index contributed by atoms with van der Waals surface area (Å²) in [6, 6.07) is 6.59. The van der Waals surface area contributed by atoms with E-state index in [0.29, 0.717) is 5.92 Å². The second-order valence-electron chi connectivity index (χ2n) is 4.58. The molecular weight excluding hydrogens is 218 g/mol. The van der Waals surface area contributed by atoms with Crippen LogP contribution < -0.4 is 0 Å².